The summed E-state index contributed by atoms with van der Waals surface area (Å²) in [5.41, 5.74) is 0. The molecule has 0 aromatic rings. The van der Waals surface area contributed by atoms with Gasteiger partial charge in [0.05, 0.1) is 13.2 Å². The van der Waals surface area contributed by atoms with Gasteiger partial charge in [0.15, 0.2) is 0 Å². The van der Waals surface area contributed by atoms with Crippen molar-refractivity contribution in [3.05, 3.63) is 0 Å². The van der Waals surface area contributed by atoms with Crippen LogP contribution in [0.15, 0.2) is 0 Å². The summed E-state index contributed by atoms with van der Waals surface area (Å²) in [5, 5.41) is 10.00. The van der Waals surface area contributed by atoms with Crippen LogP contribution in [0.5, 0.6) is 0 Å². The Morgan fingerprint density at radius 1 is 0.750 bits per heavy atom. The van der Waals surface area contributed by atoms with Crippen LogP contribution in [0.1, 0.15) is 116 Å². The van der Waals surface area contributed by atoms with E-state index in [0.29, 0.717) is 6.42 Å². The molecule has 3 heteroatoms. The third-order valence-corrected chi connectivity index (χ3v) is 4.79. The molecule has 0 fully saturated rings. The summed E-state index contributed by atoms with van der Waals surface area (Å²) in [6.07, 6.45) is 19.8. The minimum absolute atomic E-state index is 0.0931. The normalized spacial score (nSPS) is 12.3. The minimum atomic E-state index is -0.0981. The lowest BCUT2D eigenvalue weighted by atomic mass is 10.0. The van der Waals surface area contributed by atoms with Crippen LogP contribution in [0.2, 0.25) is 0 Å². The molecule has 24 heavy (non-hydrogen) atoms. The number of aliphatic hydroxyl groups excluding tert-OH is 1. The predicted octanol–water partition coefficient (Wildman–Crippen LogP) is 6.17. The zero-order valence-electron chi connectivity index (χ0n) is 16.4. The summed E-state index contributed by atoms with van der Waals surface area (Å²) in [6.45, 7) is 2.26. The molecule has 0 saturated carbocycles. The number of methoxy groups -OCH3 is 1. The number of hydrogen-bond acceptors (Lipinski definition) is 3. The van der Waals surface area contributed by atoms with Crippen LogP contribution >= 0.6 is 0 Å². The van der Waals surface area contributed by atoms with Crippen LogP contribution in [-0.4, -0.2) is 24.3 Å². The Morgan fingerprint density at radius 3 is 1.62 bits per heavy atom. The van der Waals surface area contributed by atoms with Gasteiger partial charge in [0.25, 0.3) is 0 Å². The second-order valence-electron chi connectivity index (χ2n) is 7.15. The number of rotatable bonds is 18. The molecule has 0 heterocycles. The Bertz CT molecular complexity index is 266. The number of carbonyl (C=O) groups is 1. The molecule has 0 aromatic carbocycles. The van der Waals surface area contributed by atoms with E-state index >= 15 is 0 Å². The van der Waals surface area contributed by atoms with Crippen molar-refractivity contribution in [2.24, 2.45) is 0 Å². The molecule has 1 atom stereocenters. The minimum Gasteiger partial charge on any atom is -0.469 e. The second kappa shape index (κ2) is 18.8. The van der Waals surface area contributed by atoms with Crippen molar-refractivity contribution >= 4 is 5.97 Å². The van der Waals surface area contributed by atoms with Gasteiger partial charge >= 0.3 is 5.97 Å². The van der Waals surface area contributed by atoms with E-state index in [4.69, 9.17) is 0 Å². The number of hydrogen-bond donors (Lipinski definition) is 1. The van der Waals surface area contributed by atoms with E-state index in [9.17, 15) is 9.90 Å². The number of ether oxygens (including phenoxy) is 1. The Labute approximate surface area is 150 Å². The Morgan fingerprint density at radius 2 is 1.17 bits per heavy atom. The first kappa shape index (κ1) is 23.4. The van der Waals surface area contributed by atoms with Gasteiger partial charge in [-0.1, -0.05) is 90.4 Å². The summed E-state index contributed by atoms with van der Waals surface area (Å²) in [6, 6.07) is 0. The van der Waals surface area contributed by atoms with E-state index in [-0.39, 0.29) is 12.1 Å². The molecule has 0 aliphatic rings. The van der Waals surface area contributed by atoms with Gasteiger partial charge in [0.2, 0.25) is 0 Å². The molecule has 0 aliphatic heterocycles. The van der Waals surface area contributed by atoms with Crippen LogP contribution in [0, 0.1) is 0 Å². The van der Waals surface area contributed by atoms with E-state index in [0.717, 1.165) is 32.1 Å². The zero-order valence-corrected chi connectivity index (χ0v) is 16.4. The summed E-state index contributed by atoms with van der Waals surface area (Å²) in [4.78, 5) is 11.0. The number of carbonyl (C=O) groups excluding carboxylic acids is 1. The molecule has 0 radical (unpaired) electrons. The van der Waals surface area contributed by atoms with E-state index in [1.54, 1.807) is 0 Å². The van der Waals surface area contributed by atoms with Gasteiger partial charge < -0.3 is 9.84 Å². The maximum Gasteiger partial charge on any atom is 0.305 e. The lowest BCUT2D eigenvalue weighted by Gasteiger charge is -2.10. The quantitative estimate of drug-likeness (QED) is 0.239. The molecule has 144 valence electrons. The van der Waals surface area contributed by atoms with Gasteiger partial charge in [-0.3, -0.25) is 4.79 Å². The highest BCUT2D eigenvalue weighted by Gasteiger charge is 2.04. The van der Waals surface area contributed by atoms with Gasteiger partial charge in [0.1, 0.15) is 0 Å². The first-order valence-electron chi connectivity index (χ1n) is 10.5. The summed E-state index contributed by atoms with van der Waals surface area (Å²) < 4.78 is 4.62. The van der Waals surface area contributed by atoms with Crippen LogP contribution in [0.3, 0.4) is 0 Å². The number of unbranched alkanes of at least 4 members (excludes halogenated alkanes) is 12. The first-order chi connectivity index (χ1) is 11.7. The second-order valence-corrected chi connectivity index (χ2v) is 7.15. The molecule has 0 saturated heterocycles. The highest BCUT2D eigenvalue weighted by Crippen LogP contribution is 2.14. The van der Waals surface area contributed by atoms with E-state index in [2.05, 4.69) is 11.7 Å². The zero-order chi connectivity index (χ0) is 17.9. The molecule has 3 nitrogen and oxygen atoms in total. The lowest BCUT2D eigenvalue weighted by molar-refractivity contribution is -0.140. The standard InChI is InChI=1S/C21H42O3/c1-3-4-5-6-7-8-11-14-17-20(22)18-15-12-9-10-13-16-19-21(23)24-2/h20,22H,3-19H2,1-2H3. The third-order valence-electron chi connectivity index (χ3n) is 4.79. The first-order valence-corrected chi connectivity index (χ1v) is 10.5. The predicted molar refractivity (Wildman–Crippen MR) is 102 cm³/mol. The fraction of sp³-hybridized carbons (Fsp3) is 0.952. The maximum atomic E-state index is 11.0. The van der Waals surface area contributed by atoms with Crippen molar-refractivity contribution in [1.29, 1.82) is 0 Å². The van der Waals surface area contributed by atoms with E-state index < -0.39 is 0 Å². The molecule has 0 aromatic heterocycles. The number of esters is 1. The summed E-state index contributed by atoms with van der Waals surface area (Å²) in [7, 11) is 1.45. The number of aliphatic hydroxyl groups is 1. The fourth-order valence-corrected chi connectivity index (χ4v) is 3.12. The average molecular weight is 343 g/mol. The molecule has 0 spiro atoms. The molecule has 0 aliphatic carbocycles. The molecule has 0 bridgehead atoms. The van der Waals surface area contributed by atoms with Gasteiger partial charge in [-0.15, -0.1) is 0 Å². The van der Waals surface area contributed by atoms with E-state index in [1.807, 2.05) is 0 Å². The monoisotopic (exact) mass is 342 g/mol. The molecule has 1 N–H and O–H groups in total. The third kappa shape index (κ3) is 17.8. The van der Waals surface area contributed by atoms with Crippen LogP contribution in [0.25, 0.3) is 0 Å². The van der Waals surface area contributed by atoms with Crippen LogP contribution < -0.4 is 0 Å². The molecular formula is C21H42O3. The SMILES string of the molecule is CCCCCCCCCCC(O)CCCCCCCCC(=O)OC. The molecular weight excluding hydrogens is 300 g/mol. The maximum absolute atomic E-state index is 11.0. The molecule has 1 unspecified atom stereocenters. The van der Waals surface area contributed by atoms with E-state index in [1.165, 1.54) is 77.7 Å². The van der Waals surface area contributed by atoms with Gasteiger partial charge in [-0.05, 0) is 19.3 Å². The van der Waals surface area contributed by atoms with Crippen molar-refractivity contribution in [1.82, 2.24) is 0 Å². The summed E-state index contributed by atoms with van der Waals surface area (Å²) in [5.74, 6) is -0.0981. The average Bonchev–Trinajstić information content (AvgIpc) is 2.59. The smallest absolute Gasteiger partial charge is 0.305 e. The summed E-state index contributed by atoms with van der Waals surface area (Å²) >= 11 is 0. The Balaban J connectivity index is 3.18. The fourth-order valence-electron chi connectivity index (χ4n) is 3.12. The largest absolute Gasteiger partial charge is 0.469 e. The Kier molecular flexibility index (Phi) is 18.3. The van der Waals surface area contributed by atoms with Crippen molar-refractivity contribution in [3.8, 4) is 0 Å². The lowest BCUT2D eigenvalue weighted by Crippen LogP contribution is -2.05. The van der Waals surface area contributed by atoms with Crippen LogP contribution in [0.4, 0.5) is 0 Å². The highest BCUT2D eigenvalue weighted by molar-refractivity contribution is 5.68. The highest BCUT2D eigenvalue weighted by atomic mass is 16.5. The molecule has 0 amide bonds. The van der Waals surface area contributed by atoms with Crippen molar-refractivity contribution < 1.29 is 14.6 Å². The van der Waals surface area contributed by atoms with Crippen molar-refractivity contribution in [2.45, 2.75) is 122 Å². The van der Waals surface area contributed by atoms with Crippen molar-refractivity contribution in [3.63, 3.8) is 0 Å². The molecule has 0 rings (SSSR count). The van der Waals surface area contributed by atoms with Crippen molar-refractivity contribution in [2.75, 3.05) is 7.11 Å². The topological polar surface area (TPSA) is 46.5 Å². The Hall–Kier alpha value is -0.570. The van der Waals surface area contributed by atoms with Crippen LogP contribution in [-0.2, 0) is 9.53 Å². The van der Waals surface area contributed by atoms with Gasteiger partial charge in [-0.2, -0.15) is 0 Å². The van der Waals surface area contributed by atoms with Gasteiger partial charge in [0, 0.05) is 6.42 Å². The van der Waals surface area contributed by atoms with Gasteiger partial charge in [-0.25, -0.2) is 0 Å².